The first-order chi connectivity index (χ1) is 8.11. The van der Waals surface area contributed by atoms with Gasteiger partial charge in [0.25, 0.3) is 0 Å². The number of likely N-dealkylation sites (tertiary alicyclic amines) is 1. The largest absolute Gasteiger partial charge is 0.316 e. The molecular weight excluding hydrogens is 208 g/mol. The third-order valence-electron chi connectivity index (χ3n) is 4.11. The minimum Gasteiger partial charge on any atom is -0.316 e. The smallest absolute Gasteiger partial charge is 0.00676 e. The molecule has 0 aliphatic carbocycles. The van der Waals surface area contributed by atoms with E-state index in [1.807, 2.05) is 0 Å². The van der Waals surface area contributed by atoms with Gasteiger partial charge in [0.15, 0.2) is 0 Å². The SMILES string of the molecule is CCCNCC(C)(CCC)CN1CCCC1C. The first-order valence-corrected chi connectivity index (χ1v) is 7.56. The van der Waals surface area contributed by atoms with Crippen LogP contribution >= 0.6 is 0 Å². The molecule has 1 saturated heterocycles. The monoisotopic (exact) mass is 240 g/mol. The highest BCUT2D eigenvalue weighted by Crippen LogP contribution is 2.28. The van der Waals surface area contributed by atoms with E-state index in [4.69, 9.17) is 0 Å². The van der Waals surface area contributed by atoms with Gasteiger partial charge in [-0.1, -0.05) is 27.2 Å². The molecule has 0 aromatic heterocycles. The average Bonchev–Trinajstić information content (AvgIpc) is 2.65. The summed E-state index contributed by atoms with van der Waals surface area (Å²) in [6.07, 6.45) is 6.66. The summed E-state index contributed by atoms with van der Waals surface area (Å²) in [4.78, 5) is 2.70. The van der Waals surface area contributed by atoms with Gasteiger partial charge < -0.3 is 10.2 Å². The van der Waals surface area contributed by atoms with Crippen molar-refractivity contribution in [2.75, 3.05) is 26.2 Å². The van der Waals surface area contributed by atoms with E-state index >= 15 is 0 Å². The van der Waals surface area contributed by atoms with E-state index in [0.717, 1.165) is 12.6 Å². The molecule has 17 heavy (non-hydrogen) atoms. The van der Waals surface area contributed by atoms with Crippen LogP contribution in [-0.4, -0.2) is 37.1 Å². The van der Waals surface area contributed by atoms with E-state index in [2.05, 4.69) is 37.9 Å². The first-order valence-electron chi connectivity index (χ1n) is 7.56. The van der Waals surface area contributed by atoms with Gasteiger partial charge in [-0.2, -0.15) is 0 Å². The van der Waals surface area contributed by atoms with Crippen LogP contribution < -0.4 is 5.32 Å². The molecule has 0 amide bonds. The second-order valence-corrected chi connectivity index (χ2v) is 6.20. The first kappa shape index (κ1) is 15.0. The van der Waals surface area contributed by atoms with Crippen molar-refractivity contribution in [3.05, 3.63) is 0 Å². The fourth-order valence-corrected chi connectivity index (χ4v) is 3.11. The summed E-state index contributed by atoms with van der Waals surface area (Å²) in [5, 5.41) is 3.62. The topological polar surface area (TPSA) is 15.3 Å². The van der Waals surface area contributed by atoms with Crippen LogP contribution in [0.25, 0.3) is 0 Å². The maximum absolute atomic E-state index is 3.62. The molecule has 2 atom stereocenters. The van der Waals surface area contributed by atoms with E-state index in [1.165, 1.54) is 51.7 Å². The summed E-state index contributed by atoms with van der Waals surface area (Å²) in [6.45, 7) is 14.3. The molecule has 2 heteroatoms. The molecule has 0 bridgehead atoms. The lowest BCUT2D eigenvalue weighted by molar-refractivity contribution is 0.145. The number of hydrogen-bond acceptors (Lipinski definition) is 2. The Morgan fingerprint density at radius 3 is 2.59 bits per heavy atom. The lowest BCUT2D eigenvalue weighted by atomic mass is 9.84. The van der Waals surface area contributed by atoms with E-state index in [1.54, 1.807) is 0 Å². The number of nitrogens with one attached hydrogen (secondary N) is 1. The maximum Gasteiger partial charge on any atom is 0.00676 e. The number of rotatable bonds is 8. The zero-order chi connectivity index (χ0) is 12.7. The van der Waals surface area contributed by atoms with E-state index < -0.39 is 0 Å². The quantitative estimate of drug-likeness (QED) is 0.655. The normalized spacial score (nSPS) is 25.1. The highest BCUT2D eigenvalue weighted by Gasteiger charge is 2.30. The second kappa shape index (κ2) is 7.38. The van der Waals surface area contributed by atoms with E-state index in [9.17, 15) is 0 Å². The van der Waals surface area contributed by atoms with Gasteiger partial charge in [-0.3, -0.25) is 0 Å². The van der Waals surface area contributed by atoms with Crippen LogP contribution in [0.15, 0.2) is 0 Å². The van der Waals surface area contributed by atoms with Gasteiger partial charge in [0.05, 0.1) is 0 Å². The Hall–Kier alpha value is -0.0800. The van der Waals surface area contributed by atoms with E-state index in [-0.39, 0.29) is 0 Å². The average molecular weight is 240 g/mol. The number of nitrogens with zero attached hydrogens (tertiary/aromatic N) is 1. The molecule has 2 nitrogen and oxygen atoms in total. The van der Waals surface area contributed by atoms with Gasteiger partial charge in [-0.25, -0.2) is 0 Å². The summed E-state index contributed by atoms with van der Waals surface area (Å²) in [6, 6.07) is 0.803. The van der Waals surface area contributed by atoms with Crippen molar-refractivity contribution in [1.82, 2.24) is 10.2 Å². The molecule has 1 N–H and O–H groups in total. The van der Waals surface area contributed by atoms with E-state index in [0.29, 0.717) is 5.41 Å². The molecule has 1 fully saturated rings. The third kappa shape index (κ3) is 4.97. The summed E-state index contributed by atoms with van der Waals surface area (Å²) in [7, 11) is 0. The zero-order valence-corrected chi connectivity index (χ0v) is 12.4. The fourth-order valence-electron chi connectivity index (χ4n) is 3.11. The van der Waals surface area contributed by atoms with Crippen molar-refractivity contribution in [2.24, 2.45) is 5.41 Å². The minimum absolute atomic E-state index is 0.461. The Morgan fingerprint density at radius 2 is 2.06 bits per heavy atom. The summed E-state index contributed by atoms with van der Waals surface area (Å²) in [5.41, 5.74) is 0.461. The molecule has 0 saturated carbocycles. The van der Waals surface area contributed by atoms with Crippen LogP contribution in [-0.2, 0) is 0 Å². The van der Waals surface area contributed by atoms with Crippen molar-refractivity contribution in [3.63, 3.8) is 0 Å². The van der Waals surface area contributed by atoms with Gasteiger partial charge in [0, 0.05) is 19.1 Å². The highest BCUT2D eigenvalue weighted by molar-refractivity contribution is 4.85. The lowest BCUT2D eigenvalue weighted by Crippen LogP contribution is -2.43. The Labute approximate surface area is 108 Å². The summed E-state index contributed by atoms with van der Waals surface area (Å²) < 4.78 is 0. The molecule has 0 radical (unpaired) electrons. The van der Waals surface area contributed by atoms with Crippen LogP contribution in [0.3, 0.4) is 0 Å². The van der Waals surface area contributed by atoms with Gasteiger partial charge in [0.1, 0.15) is 0 Å². The molecule has 1 aliphatic rings. The molecule has 0 spiro atoms. The Kier molecular flexibility index (Phi) is 6.50. The second-order valence-electron chi connectivity index (χ2n) is 6.20. The molecule has 2 unspecified atom stereocenters. The fraction of sp³-hybridized carbons (Fsp3) is 1.00. The van der Waals surface area contributed by atoms with Crippen LogP contribution in [0.2, 0.25) is 0 Å². The summed E-state index contributed by atoms with van der Waals surface area (Å²) in [5.74, 6) is 0. The highest BCUT2D eigenvalue weighted by atomic mass is 15.2. The molecule has 1 heterocycles. The van der Waals surface area contributed by atoms with Crippen molar-refractivity contribution in [1.29, 1.82) is 0 Å². The Morgan fingerprint density at radius 1 is 1.29 bits per heavy atom. The van der Waals surface area contributed by atoms with Crippen LogP contribution in [0, 0.1) is 5.41 Å². The van der Waals surface area contributed by atoms with Crippen molar-refractivity contribution in [3.8, 4) is 0 Å². The van der Waals surface area contributed by atoms with Crippen molar-refractivity contribution < 1.29 is 0 Å². The van der Waals surface area contributed by atoms with Crippen molar-refractivity contribution in [2.45, 2.75) is 65.8 Å². The molecule has 1 aliphatic heterocycles. The predicted molar refractivity (Wildman–Crippen MR) is 76.4 cm³/mol. The molecule has 0 aromatic carbocycles. The maximum atomic E-state index is 3.62. The molecule has 0 aromatic rings. The van der Waals surface area contributed by atoms with Crippen molar-refractivity contribution >= 4 is 0 Å². The zero-order valence-electron chi connectivity index (χ0n) is 12.4. The lowest BCUT2D eigenvalue weighted by Gasteiger charge is -2.36. The number of hydrogen-bond donors (Lipinski definition) is 1. The summed E-state index contributed by atoms with van der Waals surface area (Å²) >= 11 is 0. The molecular formula is C15H32N2. The molecule has 102 valence electrons. The third-order valence-corrected chi connectivity index (χ3v) is 4.11. The predicted octanol–water partition coefficient (Wildman–Crippen LogP) is 3.28. The molecule has 1 rings (SSSR count). The van der Waals surface area contributed by atoms with Crippen LogP contribution in [0.5, 0.6) is 0 Å². The Bertz CT molecular complexity index is 205. The van der Waals surface area contributed by atoms with Gasteiger partial charge in [0.2, 0.25) is 0 Å². The standard InChI is InChI=1S/C15H32N2/c1-5-9-15(4,12-16-10-6-2)13-17-11-7-8-14(17)3/h14,16H,5-13H2,1-4H3. The Balaban J connectivity index is 2.44. The van der Waals surface area contributed by atoms with Gasteiger partial charge in [-0.05, 0) is 51.1 Å². The van der Waals surface area contributed by atoms with Crippen LogP contribution in [0.4, 0.5) is 0 Å². The van der Waals surface area contributed by atoms with Gasteiger partial charge in [-0.15, -0.1) is 0 Å². The van der Waals surface area contributed by atoms with Crippen LogP contribution in [0.1, 0.15) is 59.8 Å². The minimum atomic E-state index is 0.461. The van der Waals surface area contributed by atoms with Gasteiger partial charge >= 0.3 is 0 Å².